The third-order valence-electron chi connectivity index (χ3n) is 4.88. The van der Waals surface area contributed by atoms with Gasteiger partial charge in [0.2, 0.25) is 0 Å². The van der Waals surface area contributed by atoms with Crippen LogP contribution in [0.15, 0.2) is 42.5 Å². The molecule has 25 heavy (non-hydrogen) atoms. The van der Waals surface area contributed by atoms with Crippen LogP contribution in [-0.2, 0) is 0 Å². The van der Waals surface area contributed by atoms with Crippen LogP contribution in [0.3, 0.4) is 0 Å². The molecule has 0 bridgehead atoms. The molecule has 3 aromatic rings. The molecule has 0 unspecified atom stereocenters. The van der Waals surface area contributed by atoms with Crippen LogP contribution in [0.4, 0.5) is 0 Å². The lowest BCUT2D eigenvalue weighted by Crippen LogP contribution is -2.32. The van der Waals surface area contributed by atoms with Crippen LogP contribution in [0.1, 0.15) is 36.0 Å². The maximum absolute atomic E-state index is 12.3. The van der Waals surface area contributed by atoms with Gasteiger partial charge in [0.25, 0.3) is 5.91 Å². The summed E-state index contributed by atoms with van der Waals surface area (Å²) in [5, 5.41) is 11.6. The highest BCUT2D eigenvalue weighted by Crippen LogP contribution is 2.29. The van der Waals surface area contributed by atoms with E-state index in [-0.39, 0.29) is 5.91 Å². The molecular formula is C20H21N3O2. The number of benzene rings is 2. The number of carbonyl (C=O) groups excluding carboxylic acids is 1. The summed E-state index contributed by atoms with van der Waals surface area (Å²) in [7, 11) is 1.65. The summed E-state index contributed by atoms with van der Waals surface area (Å²) in [6, 6.07) is 13.8. The quantitative estimate of drug-likeness (QED) is 0.759. The van der Waals surface area contributed by atoms with Crippen LogP contribution in [0.25, 0.3) is 22.2 Å². The number of aromatic nitrogens is 2. The Labute approximate surface area is 146 Å². The fourth-order valence-corrected chi connectivity index (χ4v) is 3.46. The standard InChI is InChI=1S/C20H21N3O2/c1-25-16-10-11-18-17(12-16)19(23-22-18)13-6-8-14(9-7-13)20(24)21-15-4-2-3-5-15/h6-12,15H,2-5H2,1H3,(H,21,24)(H,22,23). The lowest BCUT2D eigenvalue weighted by atomic mass is 10.0. The van der Waals surface area contributed by atoms with Crippen LogP contribution in [0.5, 0.6) is 5.75 Å². The number of nitrogens with zero attached hydrogens (tertiary/aromatic N) is 1. The Hall–Kier alpha value is -2.82. The average molecular weight is 335 g/mol. The number of ether oxygens (including phenoxy) is 1. The van der Waals surface area contributed by atoms with Crippen molar-refractivity contribution in [2.45, 2.75) is 31.7 Å². The van der Waals surface area contributed by atoms with Crippen molar-refractivity contribution in [1.82, 2.24) is 15.5 Å². The average Bonchev–Trinajstić information content (AvgIpc) is 3.30. The predicted octanol–water partition coefficient (Wildman–Crippen LogP) is 3.91. The Bertz CT molecular complexity index is 893. The van der Waals surface area contributed by atoms with Crippen molar-refractivity contribution < 1.29 is 9.53 Å². The number of H-pyrrole nitrogens is 1. The zero-order valence-electron chi connectivity index (χ0n) is 14.2. The first-order valence-corrected chi connectivity index (χ1v) is 8.68. The minimum Gasteiger partial charge on any atom is -0.497 e. The van der Waals surface area contributed by atoms with Crippen LogP contribution in [-0.4, -0.2) is 29.3 Å². The molecule has 2 N–H and O–H groups in total. The fraction of sp³-hybridized carbons (Fsp3) is 0.300. The molecule has 0 saturated heterocycles. The summed E-state index contributed by atoms with van der Waals surface area (Å²) in [6.07, 6.45) is 4.59. The molecule has 1 aliphatic rings. The minimum atomic E-state index is 0.00649. The number of fused-ring (bicyclic) bond motifs is 1. The lowest BCUT2D eigenvalue weighted by Gasteiger charge is -2.12. The fourth-order valence-electron chi connectivity index (χ4n) is 3.46. The van der Waals surface area contributed by atoms with Gasteiger partial charge in [-0.3, -0.25) is 9.89 Å². The smallest absolute Gasteiger partial charge is 0.251 e. The van der Waals surface area contributed by atoms with E-state index < -0.39 is 0 Å². The highest BCUT2D eigenvalue weighted by Gasteiger charge is 2.18. The minimum absolute atomic E-state index is 0.00649. The van der Waals surface area contributed by atoms with Crippen molar-refractivity contribution in [2.75, 3.05) is 7.11 Å². The third-order valence-corrected chi connectivity index (χ3v) is 4.88. The van der Waals surface area contributed by atoms with Gasteiger partial charge in [-0.25, -0.2) is 0 Å². The van der Waals surface area contributed by atoms with Gasteiger partial charge in [-0.1, -0.05) is 25.0 Å². The van der Waals surface area contributed by atoms with E-state index in [1.165, 1.54) is 12.8 Å². The number of hydrogen-bond donors (Lipinski definition) is 2. The Morgan fingerprint density at radius 2 is 1.92 bits per heavy atom. The molecule has 0 spiro atoms. The molecule has 128 valence electrons. The van der Waals surface area contributed by atoms with Crippen molar-refractivity contribution in [3.63, 3.8) is 0 Å². The predicted molar refractivity (Wildman–Crippen MR) is 97.8 cm³/mol. The van der Waals surface area contributed by atoms with Crippen molar-refractivity contribution in [1.29, 1.82) is 0 Å². The lowest BCUT2D eigenvalue weighted by molar-refractivity contribution is 0.0938. The van der Waals surface area contributed by atoms with Gasteiger partial charge in [-0.05, 0) is 43.2 Å². The van der Waals surface area contributed by atoms with Gasteiger partial charge in [-0.2, -0.15) is 5.10 Å². The zero-order chi connectivity index (χ0) is 17.2. The number of amides is 1. The molecule has 1 aromatic heterocycles. The number of nitrogens with one attached hydrogen (secondary N) is 2. The number of aromatic amines is 1. The second-order valence-electron chi connectivity index (χ2n) is 6.52. The molecule has 1 heterocycles. The summed E-state index contributed by atoms with van der Waals surface area (Å²) in [5.41, 5.74) is 3.47. The molecule has 5 heteroatoms. The van der Waals surface area contributed by atoms with Crippen molar-refractivity contribution in [3.8, 4) is 17.0 Å². The molecule has 1 aliphatic carbocycles. The first kappa shape index (κ1) is 15.7. The van der Waals surface area contributed by atoms with E-state index in [9.17, 15) is 4.79 Å². The SMILES string of the molecule is COc1ccc2[nH]nc(-c3ccc(C(=O)NC4CCCC4)cc3)c2c1. The zero-order valence-corrected chi connectivity index (χ0v) is 14.2. The van der Waals surface area contributed by atoms with Gasteiger partial charge in [0, 0.05) is 22.6 Å². The van der Waals surface area contributed by atoms with Gasteiger partial charge in [0.15, 0.2) is 0 Å². The number of methoxy groups -OCH3 is 1. The normalized spacial score (nSPS) is 14.8. The van der Waals surface area contributed by atoms with Gasteiger partial charge in [-0.15, -0.1) is 0 Å². The molecule has 0 radical (unpaired) electrons. The monoisotopic (exact) mass is 335 g/mol. The Morgan fingerprint density at radius 3 is 2.64 bits per heavy atom. The Morgan fingerprint density at radius 1 is 1.16 bits per heavy atom. The highest BCUT2D eigenvalue weighted by molar-refractivity contribution is 5.97. The number of carbonyl (C=O) groups is 1. The molecule has 2 aromatic carbocycles. The Balaban J connectivity index is 1.58. The van der Waals surface area contributed by atoms with Crippen LogP contribution < -0.4 is 10.1 Å². The first-order valence-electron chi connectivity index (χ1n) is 8.68. The summed E-state index contributed by atoms with van der Waals surface area (Å²) in [4.78, 5) is 12.3. The van der Waals surface area contributed by atoms with E-state index in [0.717, 1.165) is 40.8 Å². The van der Waals surface area contributed by atoms with Crippen LogP contribution in [0, 0.1) is 0 Å². The van der Waals surface area contributed by atoms with E-state index in [2.05, 4.69) is 15.5 Å². The van der Waals surface area contributed by atoms with E-state index in [1.54, 1.807) is 7.11 Å². The largest absolute Gasteiger partial charge is 0.497 e. The number of hydrogen-bond acceptors (Lipinski definition) is 3. The molecule has 1 saturated carbocycles. The second kappa shape index (κ2) is 6.59. The summed E-state index contributed by atoms with van der Waals surface area (Å²) < 4.78 is 5.30. The second-order valence-corrected chi connectivity index (χ2v) is 6.52. The van der Waals surface area contributed by atoms with Gasteiger partial charge in [0.1, 0.15) is 11.4 Å². The van der Waals surface area contributed by atoms with Crippen LogP contribution in [0.2, 0.25) is 0 Å². The topological polar surface area (TPSA) is 67.0 Å². The maximum atomic E-state index is 12.3. The van der Waals surface area contributed by atoms with Crippen molar-refractivity contribution >= 4 is 16.8 Å². The van der Waals surface area contributed by atoms with Crippen molar-refractivity contribution in [2.24, 2.45) is 0 Å². The molecule has 1 fully saturated rings. The molecule has 0 atom stereocenters. The molecule has 5 nitrogen and oxygen atoms in total. The molecule has 4 rings (SSSR count). The summed E-state index contributed by atoms with van der Waals surface area (Å²) >= 11 is 0. The Kier molecular flexibility index (Phi) is 4.14. The molecule has 0 aliphatic heterocycles. The van der Waals surface area contributed by atoms with Gasteiger partial charge >= 0.3 is 0 Å². The third kappa shape index (κ3) is 3.09. The van der Waals surface area contributed by atoms with E-state index in [1.807, 2.05) is 42.5 Å². The summed E-state index contributed by atoms with van der Waals surface area (Å²) in [6.45, 7) is 0. The van der Waals surface area contributed by atoms with E-state index in [0.29, 0.717) is 11.6 Å². The maximum Gasteiger partial charge on any atom is 0.251 e. The number of rotatable bonds is 4. The van der Waals surface area contributed by atoms with Crippen molar-refractivity contribution in [3.05, 3.63) is 48.0 Å². The summed E-state index contributed by atoms with van der Waals surface area (Å²) in [5.74, 6) is 0.801. The highest BCUT2D eigenvalue weighted by atomic mass is 16.5. The van der Waals surface area contributed by atoms with E-state index in [4.69, 9.17) is 4.74 Å². The first-order chi connectivity index (χ1) is 12.2. The van der Waals surface area contributed by atoms with Gasteiger partial charge < -0.3 is 10.1 Å². The van der Waals surface area contributed by atoms with Gasteiger partial charge in [0.05, 0.1) is 12.6 Å². The molecular weight excluding hydrogens is 314 g/mol. The van der Waals surface area contributed by atoms with Crippen LogP contribution >= 0.6 is 0 Å². The van der Waals surface area contributed by atoms with E-state index >= 15 is 0 Å². The molecule has 1 amide bonds.